The first-order chi connectivity index (χ1) is 13.5. The summed E-state index contributed by atoms with van der Waals surface area (Å²) in [5.74, 6) is 0.196. The van der Waals surface area contributed by atoms with Gasteiger partial charge in [-0.05, 0) is 69.5 Å². The Bertz CT molecular complexity index is 825. The van der Waals surface area contributed by atoms with Gasteiger partial charge in [0, 0.05) is 17.6 Å². The maximum absolute atomic E-state index is 12.5. The zero-order chi connectivity index (χ0) is 20.1. The smallest absolute Gasteiger partial charge is 0.260 e. The molecule has 1 aliphatic heterocycles. The normalized spacial score (nSPS) is 19.1. The number of carbonyl (C=O) groups excluding carboxylic acids is 2. The molecule has 3 rings (SSSR count). The van der Waals surface area contributed by atoms with Crippen molar-refractivity contribution in [2.75, 3.05) is 11.9 Å². The Hall–Kier alpha value is -3.02. The molecule has 1 aliphatic rings. The van der Waals surface area contributed by atoms with Crippen LogP contribution in [0.2, 0.25) is 0 Å². The molecule has 0 aromatic heterocycles. The van der Waals surface area contributed by atoms with Crippen LogP contribution in [0, 0.1) is 0 Å². The lowest BCUT2D eigenvalue weighted by molar-refractivity contribution is -0.139. The summed E-state index contributed by atoms with van der Waals surface area (Å²) in [6, 6.07) is 13.6. The number of para-hydroxylation sites is 2. The van der Waals surface area contributed by atoms with Gasteiger partial charge in [-0.25, -0.2) is 0 Å². The number of carbonyl (C=O) groups is 2. The van der Waals surface area contributed by atoms with Crippen LogP contribution in [0.3, 0.4) is 0 Å². The number of benzene rings is 2. The molecule has 2 atom stereocenters. The van der Waals surface area contributed by atoms with Crippen LogP contribution >= 0.6 is 0 Å². The van der Waals surface area contributed by atoms with E-state index in [-0.39, 0.29) is 36.3 Å². The van der Waals surface area contributed by atoms with Gasteiger partial charge < -0.3 is 20.1 Å². The highest BCUT2D eigenvalue weighted by atomic mass is 16.5. The van der Waals surface area contributed by atoms with E-state index < -0.39 is 0 Å². The molecule has 0 bridgehead atoms. The highest BCUT2D eigenvalue weighted by Gasteiger charge is 2.28. The number of ether oxygens (including phenoxy) is 1. The number of nitrogens with zero attached hydrogens (tertiary/aromatic N) is 1. The lowest BCUT2D eigenvalue weighted by Gasteiger charge is -2.38. The molecule has 2 aromatic rings. The lowest BCUT2D eigenvalue weighted by Crippen LogP contribution is -2.49. The molecule has 6 heteroatoms. The number of phenolic OH excluding ortho intramolecular Hbond substituents is 1. The van der Waals surface area contributed by atoms with E-state index in [9.17, 15) is 14.7 Å². The van der Waals surface area contributed by atoms with Gasteiger partial charge in [0.2, 0.25) is 0 Å². The molecule has 28 heavy (non-hydrogen) atoms. The predicted molar refractivity (Wildman–Crippen MR) is 108 cm³/mol. The first-order valence-corrected chi connectivity index (χ1v) is 9.59. The SMILES string of the molecule is CC1CCCC(C)N1C(=O)COc1ccc(C(=O)Nc2ccccc2O)cc1. The predicted octanol–water partition coefficient (Wildman–Crippen LogP) is 3.81. The maximum Gasteiger partial charge on any atom is 0.260 e. The van der Waals surface area contributed by atoms with Crippen LogP contribution in [-0.4, -0.2) is 40.5 Å². The molecule has 0 spiro atoms. The van der Waals surface area contributed by atoms with E-state index in [4.69, 9.17) is 4.74 Å². The summed E-state index contributed by atoms with van der Waals surface area (Å²) >= 11 is 0. The summed E-state index contributed by atoms with van der Waals surface area (Å²) in [4.78, 5) is 26.7. The third kappa shape index (κ3) is 4.63. The van der Waals surface area contributed by atoms with E-state index in [0.29, 0.717) is 17.0 Å². The van der Waals surface area contributed by atoms with E-state index in [1.165, 1.54) is 6.07 Å². The van der Waals surface area contributed by atoms with Crippen LogP contribution in [0.25, 0.3) is 0 Å². The maximum atomic E-state index is 12.5. The van der Waals surface area contributed by atoms with Crippen molar-refractivity contribution in [1.82, 2.24) is 4.90 Å². The van der Waals surface area contributed by atoms with Crippen LogP contribution in [0.5, 0.6) is 11.5 Å². The van der Waals surface area contributed by atoms with Crippen molar-refractivity contribution >= 4 is 17.5 Å². The minimum absolute atomic E-state index is 0.00971. The van der Waals surface area contributed by atoms with Gasteiger partial charge >= 0.3 is 0 Å². The number of piperidine rings is 1. The van der Waals surface area contributed by atoms with Crippen molar-refractivity contribution in [1.29, 1.82) is 0 Å². The van der Waals surface area contributed by atoms with E-state index in [1.807, 2.05) is 4.90 Å². The third-order valence-electron chi connectivity index (χ3n) is 5.11. The molecular weight excluding hydrogens is 356 g/mol. The summed E-state index contributed by atoms with van der Waals surface area (Å²) in [6.45, 7) is 4.13. The fourth-order valence-electron chi connectivity index (χ4n) is 3.61. The first kappa shape index (κ1) is 19.7. The van der Waals surface area contributed by atoms with Crippen molar-refractivity contribution in [3.05, 3.63) is 54.1 Å². The Balaban J connectivity index is 1.56. The molecule has 2 aromatic carbocycles. The van der Waals surface area contributed by atoms with Gasteiger partial charge in [-0.2, -0.15) is 0 Å². The number of phenols is 1. The summed E-state index contributed by atoms with van der Waals surface area (Å²) in [5.41, 5.74) is 0.781. The molecule has 0 aliphatic carbocycles. The van der Waals surface area contributed by atoms with Crippen LogP contribution < -0.4 is 10.1 Å². The highest BCUT2D eigenvalue weighted by molar-refractivity contribution is 6.05. The molecule has 0 saturated carbocycles. The number of anilines is 1. The average Bonchev–Trinajstić information content (AvgIpc) is 2.68. The molecule has 1 fully saturated rings. The summed E-state index contributed by atoms with van der Waals surface area (Å²) in [5, 5.41) is 12.4. The van der Waals surface area contributed by atoms with Crippen LogP contribution in [0.15, 0.2) is 48.5 Å². The molecule has 2 amide bonds. The Labute approximate surface area is 165 Å². The lowest BCUT2D eigenvalue weighted by atomic mass is 9.97. The quantitative estimate of drug-likeness (QED) is 0.771. The number of likely N-dealkylation sites (tertiary alicyclic amines) is 1. The van der Waals surface area contributed by atoms with Crippen LogP contribution in [0.4, 0.5) is 5.69 Å². The van der Waals surface area contributed by atoms with Crippen molar-refractivity contribution in [3.63, 3.8) is 0 Å². The van der Waals surface area contributed by atoms with Crippen LogP contribution in [0.1, 0.15) is 43.5 Å². The second-order valence-corrected chi connectivity index (χ2v) is 7.21. The zero-order valence-electron chi connectivity index (χ0n) is 16.2. The van der Waals surface area contributed by atoms with Gasteiger partial charge in [-0.15, -0.1) is 0 Å². The average molecular weight is 382 g/mol. The molecule has 1 saturated heterocycles. The summed E-state index contributed by atoms with van der Waals surface area (Å²) in [7, 11) is 0. The van der Waals surface area contributed by atoms with Gasteiger partial charge in [-0.3, -0.25) is 9.59 Å². The van der Waals surface area contributed by atoms with Gasteiger partial charge in [-0.1, -0.05) is 12.1 Å². The van der Waals surface area contributed by atoms with Crippen molar-refractivity contribution in [2.24, 2.45) is 0 Å². The molecule has 2 N–H and O–H groups in total. The first-order valence-electron chi connectivity index (χ1n) is 9.59. The van der Waals surface area contributed by atoms with Gasteiger partial charge in [0.25, 0.3) is 11.8 Å². The standard InChI is InChI=1S/C22H26N2O4/c1-15-6-5-7-16(2)24(15)21(26)14-28-18-12-10-17(11-13-18)22(27)23-19-8-3-4-9-20(19)25/h3-4,8-13,15-16,25H,5-7,14H2,1-2H3,(H,23,27). The third-order valence-corrected chi connectivity index (χ3v) is 5.11. The fourth-order valence-corrected chi connectivity index (χ4v) is 3.61. The van der Waals surface area contributed by atoms with Crippen molar-refractivity contribution < 1.29 is 19.4 Å². The Morgan fingerprint density at radius 2 is 1.71 bits per heavy atom. The van der Waals surface area contributed by atoms with E-state index in [2.05, 4.69) is 19.2 Å². The van der Waals surface area contributed by atoms with E-state index in [0.717, 1.165) is 19.3 Å². The number of hydrogen-bond donors (Lipinski definition) is 2. The van der Waals surface area contributed by atoms with Crippen molar-refractivity contribution in [2.45, 2.75) is 45.2 Å². The Morgan fingerprint density at radius 1 is 1.07 bits per heavy atom. The summed E-state index contributed by atoms with van der Waals surface area (Å²) in [6.07, 6.45) is 3.20. The number of aromatic hydroxyl groups is 1. The molecule has 148 valence electrons. The zero-order valence-corrected chi connectivity index (χ0v) is 16.2. The number of nitrogens with one attached hydrogen (secondary N) is 1. The minimum Gasteiger partial charge on any atom is -0.506 e. The largest absolute Gasteiger partial charge is 0.506 e. The van der Waals surface area contributed by atoms with Crippen LogP contribution in [-0.2, 0) is 4.79 Å². The molecule has 6 nitrogen and oxygen atoms in total. The number of rotatable bonds is 5. The van der Waals surface area contributed by atoms with Gasteiger partial charge in [0.1, 0.15) is 11.5 Å². The van der Waals surface area contributed by atoms with Gasteiger partial charge in [0.15, 0.2) is 6.61 Å². The van der Waals surface area contributed by atoms with E-state index in [1.54, 1.807) is 42.5 Å². The Morgan fingerprint density at radius 3 is 2.36 bits per heavy atom. The second-order valence-electron chi connectivity index (χ2n) is 7.21. The highest BCUT2D eigenvalue weighted by Crippen LogP contribution is 2.24. The monoisotopic (exact) mass is 382 g/mol. The van der Waals surface area contributed by atoms with Crippen molar-refractivity contribution in [3.8, 4) is 11.5 Å². The van der Waals surface area contributed by atoms with E-state index >= 15 is 0 Å². The minimum atomic E-state index is -0.333. The molecule has 2 unspecified atom stereocenters. The topological polar surface area (TPSA) is 78.9 Å². The summed E-state index contributed by atoms with van der Waals surface area (Å²) < 4.78 is 5.63. The fraction of sp³-hybridized carbons (Fsp3) is 0.364. The molecule has 1 heterocycles. The molecule has 0 radical (unpaired) electrons. The molecular formula is C22H26N2O4. The Kier molecular flexibility index (Phi) is 6.19. The number of hydrogen-bond acceptors (Lipinski definition) is 4. The van der Waals surface area contributed by atoms with Gasteiger partial charge in [0.05, 0.1) is 5.69 Å². The second kappa shape index (κ2) is 8.78. The number of amides is 2.